The molecule has 0 bridgehead atoms. The number of amides is 1. The Labute approximate surface area is 166 Å². The molecule has 0 fully saturated rings. The number of aliphatic imine (C=N–C) groups is 1. The van der Waals surface area contributed by atoms with Gasteiger partial charge in [0.15, 0.2) is 12.6 Å². The molecule has 1 aliphatic carbocycles. The van der Waals surface area contributed by atoms with Crippen molar-refractivity contribution in [3.05, 3.63) is 42.0 Å². The van der Waals surface area contributed by atoms with Crippen LogP contribution < -0.4 is 15.4 Å². The summed E-state index contributed by atoms with van der Waals surface area (Å²) >= 11 is 0. The topological polar surface area (TPSA) is 66.0 Å². The number of ether oxygens (including phenoxy) is 1. The summed E-state index contributed by atoms with van der Waals surface area (Å²) in [5.41, 5.74) is 1.07. The van der Waals surface area contributed by atoms with Gasteiger partial charge in [0.25, 0.3) is 5.91 Å². The molecule has 0 heterocycles. The Kier molecular flexibility index (Phi) is 9.33. The number of nitrogens with zero attached hydrogens (tertiary/aromatic N) is 2. The lowest BCUT2D eigenvalue weighted by molar-refractivity contribution is -0.130. The quantitative estimate of drug-likeness (QED) is 0.297. The van der Waals surface area contributed by atoms with E-state index in [0.717, 1.165) is 24.4 Å². The second-order valence-electron chi connectivity index (χ2n) is 5.93. The fourth-order valence-corrected chi connectivity index (χ4v) is 2.33. The number of rotatable bonds is 6. The Bertz CT molecular complexity index is 609. The molecule has 0 atom stereocenters. The smallest absolute Gasteiger partial charge is 0.259 e. The minimum atomic E-state index is -0.0618. The van der Waals surface area contributed by atoms with E-state index in [1.807, 2.05) is 24.3 Å². The van der Waals surface area contributed by atoms with Gasteiger partial charge < -0.3 is 20.3 Å². The van der Waals surface area contributed by atoms with E-state index in [1.54, 1.807) is 21.1 Å². The standard InChI is InChI=1S/C18H26N4O2.HI/c1-19-18(21-15-8-4-5-9-15)20-12-14-7-6-10-16(11-14)24-13-17(23)22(2)3;/h4-7,10-11,15H,8-9,12-13H2,1-3H3,(H2,19,20,21);1H. The molecule has 1 aliphatic rings. The van der Waals surface area contributed by atoms with Crippen molar-refractivity contribution in [2.45, 2.75) is 25.4 Å². The van der Waals surface area contributed by atoms with Crippen molar-refractivity contribution < 1.29 is 9.53 Å². The summed E-state index contributed by atoms with van der Waals surface area (Å²) in [7, 11) is 5.19. The fraction of sp³-hybridized carbons (Fsp3) is 0.444. The first-order valence-electron chi connectivity index (χ1n) is 8.12. The monoisotopic (exact) mass is 458 g/mol. The lowest BCUT2D eigenvalue weighted by atomic mass is 10.2. The van der Waals surface area contributed by atoms with Crippen LogP contribution in [-0.2, 0) is 11.3 Å². The minimum absolute atomic E-state index is 0. The Morgan fingerprint density at radius 3 is 2.68 bits per heavy atom. The Balaban J connectivity index is 0.00000312. The van der Waals surface area contributed by atoms with Crippen LogP contribution in [0.15, 0.2) is 41.4 Å². The van der Waals surface area contributed by atoms with Gasteiger partial charge >= 0.3 is 0 Å². The molecule has 1 aromatic rings. The maximum atomic E-state index is 11.6. The third-order valence-electron chi connectivity index (χ3n) is 3.79. The molecule has 0 radical (unpaired) electrons. The second-order valence-corrected chi connectivity index (χ2v) is 5.93. The van der Waals surface area contributed by atoms with E-state index >= 15 is 0 Å². The summed E-state index contributed by atoms with van der Waals surface area (Å²) in [6.45, 7) is 0.681. The van der Waals surface area contributed by atoms with E-state index < -0.39 is 0 Å². The third-order valence-corrected chi connectivity index (χ3v) is 3.79. The van der Waals surface area contributed by atoms with Gasteiger partial charge in [0.1, 0.15) is 5.75 Å². The van der Waals surface area contributed by atoms with Crippen LogP contribution in [0, 0.1) is 0 Å². The van der Waals surface area contributed by atoms with E-state index in [2.05, 4.69) is 27.8 Å². The predicted octanol–water partition coefficient (Wildman–Crippen LogP) is 2.16. The molecule has 0 unspecified atom stereocenters. The average molecular weight is 458 g/mol. The van der Waals surface area contributed by atoms with Crippen molar-refractivity contribution >= 4 is 35.8 Å². The molecule has 7 heteroatoms. The van der Waals surface area contributed by atoms with Crippen LogP contribution in [-0.4, -0.2) is 50.6 Å². The number of carbonyl (C=O) groups is 1. The number of guanidine groups is 1. The van der Waals surface area contributed by atoms with E-state index in [9.17, 15) is 4.79 Å². The van der Waals surface area contributed by atoms with Crippen LogP contribution in [0.5, 0.6) is 5.75 Å². The molecule has 0 spiro atoms. The zero-order valence-corrected chi connectivity index (χ0v) is 17.3. The summed E-state index contributed by atoms with van der Waals surface area (Å²) in [6, 6.07) is 8.13. The fourth-order valence-electron chi connectivity index (χ4n) is 2.33. The predicted molar refractivity (Wildman–Crippen MR) is 112 cm³/mol. The van der Waals surface area contributed by atoms with E-state index in [1.165, 1.54) is 4.90 Å². The zero-order valence-electron chi connectivity index (χ0n) is 15.0. The van der Waals surface area contributed by atoms with Crippen LogP contribution >= 0.6 is 24.0 Å². The van der Waals surface area contributed by atoms with Crippen molar-refractivity contribution in [3.8, 4) is 5.75 Å². The summed E-state index contributed by atoms with van der Waals surface area (Å²) in [4.78, 5) is 17.3. The number of carbonyl (C=O) groups excluding carboxylic acids is 1. The molecule has 138 valence electrons. The van der Waals surface area contributed by atoms with Gasteiger partial charge in [-0.3, -0.25) is 9.79 Å². The van der Waals surface area contributed by atoms with Crippen molar-refractivity contribution in [2.24, 2.45) is 4.99 Å². The lowest BCUT2D eigenvalue weighted by Gasteiger charge is -2.17. The number of hydrogen-bond donors (Lipinski definition) is 2. The van der Waals surface area contributed by atoms with Gasteiger partial charge in [0, 0.05) is 33.7 Å². The number of likely N-dealkylation sites (N-methyl/N-ethyl adjacent to an activating group) is 1. The molecule has 0 saturated heterocycles. The van der Waals surface area contributed by atoms with Gasteiger partial charge in [0.2, 0.25) is 0 Å². The van der Waals surface area contributed by atoms with Gasteiger partial charge in [-0.2, -0.15) is 0 Å². The van der Waals surface area contributed by atoms with Crippen molar-refractivity contribution in [3.63, 3.8) is 0 Å². The van der Waals surface area contributed by atoms with Crippen molar-refractivity contribution in [1.29, 1.82) is 0 Å². The van der Waals surface area contributed by atoms with Gasteiger partial charge in [-0.05, 0) is 30.5 Å². The van der Waals surface area contributed by atoms with Crippen LogP contribution in [0.3, 0.4) is 0 Å². The zero-order chi connectivity index (χ0) is 17.4. The molecule has 1 amide bonds. The van der Waals surface area contributed by atoms with E-state index in [4.69, 9.17) is 4.74 Å². The van der Waals surface area contributed by atoms with Crippen LogP contribution in [0.4, 0.5) is 0 Å². The number of benzene rings is 1. The molecule has 25 heavy (non-hydrogen) atoms. The van der Waals surface area contributed by atoms with Gasteiger partial charge in [-0.1, -0.05) is 24.3 Å². The van der Waals surface area contributed by atoms with Crippen LogP contribution in [0.25, 0.3) is 0 Å². The Morgan fingerprint density at radius 2 is 2.04 bits per heavy atom. The first kappa shape index (κ1) is 21.3. The van der Waals surface area contributed by atoms with Gasteiger partial charge in [-0.15, -0.1) is 24.0 Å². The second kappa shape index (κ2) is 11.0. The minimum Gasteiger partial charge on any atom is -0.484 e. The molecule has 0 aliphatic heterocycles. The SMILES string of the molecule is CN=C(NCc1cccc(OCC(=O)N(C)C)c1)NC1CC=CC1.I. The van der Waals surface area contributed by atoms with E-state index in [0.29, 0.717) is 18.3 Å². The first-order chi connectivity index (χ1) is 11.6. The highest BCUT2D eigenvalue weighted by Crippen LogP contribution is 2.13. The average Bonchev–Trinajstić information content (AvgIpc) is 3.09. The molecular formula is C18H27IN4O2. The molecule has 0 aromatic heterocycles. The Morgan fingerprint density at radius 1 is 1.32 bits per heavy atom. The number of halogens is 1. The summed E-state index contributed by atoms with van der Waals surface area (Å²) in [5.74, 6) is 1.42. The molecular weight excluding hydrogens is 431 g/mol. The lowest BCUT2D eigenvalue weighted by Crippen LogP contribution is -2.42. The third kappa shape index (κ3) is 7.33. The normalized spacial score (nSPS) is 14.0. The largest absolute Gasteiger partial charge is 0.484 e. The summed E-state index contributed by atoms with van der Waals surface area (Å²) in [5, 5.41) is 6.70. The van der Waals surface area contributed by atoms with Gasteiger partial charge in [0.05, 0.1) is 0 Å². The van der Waals surface area contributed by atoms with Gasteiger partial charge in [-0.25, -0.2) is 0 Å². The molecule has 0 saturated carbocycles. The summed E-state index contributed by atoms with van der Waals surface area (Å²) in [6.07, 6.45) is 6.43. The highest BCUT2D eigenvalue weighted by atomic mass is 127. The number of nitrogens with one attached hydrogen (secondary N) is 2. The highest BCUT2D eigenvalue weighted by molar-refractivity contribution is 14.0. The molecule has 2 rings (SSSR count). The molecule has 1 aromatic carbocycles. The van der Waals surface area contributed by atoms with Crippen LogP contribution in [0.1, 0.15) is 18.4 Å². The molecule has 6 nitrogen and oxygen atoms in total. The Hall–Kier alpha value is -1.77. The van der Waals surface area contributed by atoms with Crippen molar-refractivity contribution in [1.82, 2.24) is 15.5 Å². The van der Waals surface area contributed by atoms with E-state index in [-0.39, 0.29) is 36.5 Å². The molecule has 2 N–H and O–H groups in total. The number of hydrogen-bond acceptors (Lipinski definition) is 3. The maximum Gasteiger partial charge on any atom is 0.259 e. The maximum absolute atomic E-state index is 11.6. The van der Waals surface area contributed by atoms with Crippen molar-refractivity contribution in [2.75, 3.05) is 27.7 Å². The highest BCUT2D eigenvalue weighted by Gasteiger charge is 2.11. The first-order valence-corrected chi connectivity index (χ1v) is 8.12. The van der Waals surface area contributed by atoms with Crippen LogP contribution in [0.2, 0.25) is 0 Å². The summed E-state index contributed by atoms with van der Waals surface area (Å²) < 4.78 is 5.54.